The molecule has 7 nitrogen and oxygen atoms in total. The van der Waals surface area contributed by atoms with Gasteiger partial charge in [-0.2, -0.15) is 10.4 Å². The summed E-state index contributed by atoms with van der Waals surface area (Å²) in [5, 5.41) is 14.4. The molecule has 110 valence electrons. The molecule has 3 aromatic heterocycles. The molecule has 4 rings (SSSR count). The van der Waals surface area contributed by atoms with Crippen molar-refractivity contribution in [3.63, 3.8) is 0 Å². The van der Waals surface area contributed by atoms with Crippen LogP contribution in [0.1, 0.15) is 12.8 Å². The molecule has 0 atom stereocenters. The van der Waals surface area contributed by atoms with Crippen LogP contribution in [-0.2, 0) is 5.54 Å². The maximum Gasteiger partial charge on any atom is 0.141 e. The summed E-state index contributed by atoms with van der Waals surface area (Å²) in [6.45, 7) is 0.482. The Morgan fingerprint density at radius 3 is 3.09 bits per heavy atom. The third-order valence-corrected chi connectivity index (χ3v) is 4.51. The molecule has 0 aromatic carbocycles. The molecule has 0 aliphatic heterocycles. The van der Waals surface area contributed by atoms with E-state index in [1.807, 2.05) is 23.1 Å². The summed E-state index contributed by atoms with van der Waals surface area (Å²) in [6, 6.07) is 4.25. The first-order valence-electron chi connectivity index (χ1n) is 7.19. The quantitative estimate of drug-likeness (QED) is 0.758. The number of H-pyrrole nitrogens is 1. The van der Waals surface area contributed by atoms with Crippen LogP contribution in [0.5, 0.6) is 0 Å². The fourth-order valence-electron chi connectivity index (χ4n) is 3.20. The van der Waals surface area contributed by atoms with Gasteiger partial charge < -0.3 is 10.7 Å². The molecular weight excluding hydrogens is 278 g/mol. The minimum atomic E-state index is -0.233. The third-order valence-electron chi connectivity index (χ3n) is 4.51. The first-order chi connectivity index (χ1) is 10.8. The van der Waals surface area contributed by atoms with Crippen LogP contribution in [0.3, 0.4) is 0 Å². The maximum absolute atomic E-state index is 9.00. The highest BCUT2D eigenvalue weighted by Gasteiger charge is 2.45. The highest BCUT2D eigenvalue weighted by atomic mass is 15.3. The topological polar surface area (TPSA) is 109 Å². The molecule has 0 amide bonds. The van der Waals surface area contributed by atoms with Crippen molar-refractivity contribution in [1.82, 2.24) is 24.7 Å². The Bertz CT molecular complexity index is 863. The molecule has 1 aliphatic rings. The van der Waals surface area contributed by atoms with Crippen LogP contribution in [-0.4, -0.2) is 31.3 Å². The van der Waals surface area contributed by atoms with E-state index in [1.54, 1.807) is 12.5 Å². The van der Waals surface area contributed by atoms with Crippen molar-refractivity contribution in [2.75, 3.05) is 6.54 Å². The van der Waals surface area contributed by atoms with Crippen LogP contribution in [0.15, 0.2) is 31.0 Å². The molecule has 0 radical (unpaired) electrons. The molecule has 1 fully saturated rings. The van der Waals surface area contributed by atoms with Crippen molar-refractivity contribution in [2.45, 2.75) is 18.4 Å². The Hall–Kier alpha value is -2.72. The SMILES string of the molecule is N#CC1CC(CN)(n2cc(-c3ncnc4[nH]ccc34)cn2)C1. The van der Waals surface area contributed by atoms with Crippen molar-refractivity contribution < 1.29 is 0 Å². The summed E-state index contributed by atoms with van der Waals surface area (Å²) in [4.78, 5) is 11.7. The molecule has 3 N–H and O–H groups in total. The standard InChI is InChI=1S/C15H15N7/c16-5-10-3-15(4-10,8-17)22-7-11(6-21-22)13-12-1-2-18-14(12)20-9-19-13/h1-2,6-7,9-10H,3-4,8,17H2,(H,18,19,20). The van der Waals surface area contributed by atoms with E-state index in [9.17, 15) is 0 Å². The molecule has 3 aromatic rings. The zero-order valence-corrected chi connectivity index (χ0v) is 11.9. The number of rotatable bonds is 3. The van der Waals surface area contributed by atoms with E-state index in [0.29, 0.717) is 6.54 Å². The van der Waals surface area contributed by atoms with Crippen molar-refractivity contribution >= 4 is 11.0 Å². The van der Waals surface area contributed by atoms with Crippen LogP contribution in [0.25, 0.3) is 22.3 Å². The van der Waals surface area contributed by atoms with Gasteiger partial charge in [-0.25, -0.2) is 9.97 Å². The van der Waals surface area contributed by atoms with Crippen molar-refractivity contribution in [1.29, 1.82) is 5.26 Å². The number of nitriles is 1. The zero-order chi connectivity index (χ0) is 15.2. The van der Waals surface area contributed by atoms with Gasteiger partial charge in [-0.15, -0.1) is 0 Å². The largest absolute Gasteiger partial charge is 0.346 e. The first kappa shape index (κ1) is 13.0. The van der Waals surface area contributed by atoms with Crippen LogP contribution in [0.2, 0.25) is 0 Å². The number of nitrogens with two attached hydrogens (primary N) is 1. The molecule has 1 saturated carbocycles. The minimum absolute atomic E-state index is 0.0756. The summed E-state index contributed by atoms with van der Waals surface area (Å²) in [5.41, 5.74) is 8.29. The monoisotopic (exact) mass is 293 g/mol. The van der Waals surface area contributed by atoms with Crippen molar-refractivity contribution in [3.8, 4) is 17.3 Å². The number of nitrogens with one attached hydrogen (secondary N) is 1. The third kappa shape index (κ3) is 1.74. The van der Waals surface area contributed by atoms with E-state index < -0.39 is 0 Å². The van der Waals surface area contributed by atoms with Gasteiger partial charge in [-0.3, -0.25) is 4.68 Å². The number of nitrogens with zero attached hydrogens (tertiary/aromatic N) is 5. The van der Waals surface area contributed by atoms with Gasteiger partial charge in [-0.05, 0) is 18.9 Å². The lowest BCUT2D eigenvalue weighted by Gasteiger charge is -2.44. The number of hydrogen-bond donors (Lipinski definition) is 2. The van der Waals surface area contributed by atoms with Crippen molar-refractivity contribution in [3.05, 3.63) is 31.0 Å². The molecule has 0 unspecified atom stereocenters. The lowest BCUT2D eigenvalue weighted by atomic mass is 9.69. The van der Waals surface area contributed by atoms with Crippen LogP contribution in [0.4, 0.5) is 0 Å². The van der Waals surface area contributed by atoms with E-state index in [0.717, 1.165) is 35.1 Å². The second-order valence-electron chi connectivity index (χ2n) is 5.80. The van der Waals surface area contributed by atoms with Gasteiger partial charge in [0.1, 0.15) is 12.0 Å². The molecular formula is C15H15N7. The highest BCUT2D eigenvalue weighted by molar-refractivity contribution is 5.89. The average Bonchev–Trinajstić information content (AvgIpc) is 3.16. The molecule has 0 bridgehead atoms. The molecule has 22 heavy (non-hydrogen) atoms. The first-order valence-corrected chi connectivity index (χ1v) is 7.19. The highest BCUT2D eigenvalue weighted by Crippen LogP contribution is 2.43. The smallest absolute Gasteiger partial charge is 0.141 e. The van der Waals surface area contributed by atoms with Gasteiger partial charge in [-0.1, -0.05) is 0 Å². The second-order valence-corrected chi connectivity index (χ2v) is 5.80. The summed E-state index contributed by atoms with van der Waals surface area (Å²) in [5.74, 6) is 0.0756. The van der Waals surface area contributed by atoms with Crippen molar-refractivity contribution in [2.24, 2.45) is 11.7 Å². The van der Waals surface area contributed by atoms with E-state index in [4.69, 9.17) is 11.0 Å². The van der Waals surface area contributed by atoms with E-state index in [-0.39, 0.29) is 11.5 Å². The lowest BCUT2D eigenvalue weighted by Crippen LogP contribution is -2.51. The summed E-state index contributed by atoms with van der Waals surface area (Å²) in [7, 11) is 0. The number of fused-ring (bicyclic) bond motifs is 1. The molecule has 1 aliphatic carbocycles. The summed E-state index contributed by atoms with van der Waals surface area (Å²) in [6.07, 6.45) is 8.66. The van der Waals surface area contributed by atoms with Crippen LogP contribution in [0, 0.1) is 17.2 Å². The predicted molar refractivity (Wildman–Crippen MR) is 80.5 cm³/mol. The minimum Gasteiger partial charge on any atom is -0.346 e. The van der Waals surface area contributed by atoms with Gasteiger partial charge in [0.15, 0.2) is 0 Å². The Morgan fingerprint density at radius 1 is 1.45 bits per heavy atom. The van der Waals surface area contributed by atoms with Crippen LogP contribution >= 0.6 is 0 Å². The molecule has 0 saturated heterocycles. The number of hydrogen-bond acceptors (Lipinski definition) is 5. The fourth-order valence-corrected chi connectivity index (χ4v) is 3.20. The second kappa shape index (κ2) is 4.64. The Kier molecular flexibility index (Phi) is 2.74. The Balaban J connectivity index is 1.73. The Morgan fingerprint density at radius 2 is 2.32 bits per heavy atom. The van der Waals surface area contributed by atoms with Gasteiger partial charge in [0.25, 0.3) is 0 Å². The number of aromatic amines is 1. The molecule has 0 spiro atoms. The van der Waals surface area contributed by atoms with Gasteiger partial charge in [0.2, 0.25) is 0 Å². The Labute approximate surface area is 126 Å². The molecule has 7 heteroatoms. The van der Waals surface area contributed by atoms with Gasteiger partial charge in [0.05, 0.1) is 29.4 Å². The lowest BCUT2D eigenvalue weighted by molar-refractivity contribution is 0.0926. The van der Waals surface area contributed by atoms with E-state index in [2.05, 4.69) is 26.1 Å². The predicted octanol–water partition coefficient (Wildman–Crippen LogP) is 1.41. The van der Waals surface area contributed by atoms with Gasteiger partial charge in [0, 0.05) is 29.9 Å². The van der Waals surface area contributed by atoms with E-state index in [1.165, 1.54) is 0 Å². The summed E-state index contributed by atoms with van der Waals surface area (Å²) < 4.78 is 1.90. The molecule has 3 heterocycles. The average molecular weight is 293 g/mol. The zero-order valence-electron chi connectivity index (χ0n) is 11.9. The fraction of sp³-hybridized carbons (Fsp3) is 0.333. The maximum atomic E-state index is 9.00. The van der Waals surface area contributed by atoms with Crippen LogP contribution < -0.4 is 5.73 Å². The normalized spacial score (nSPS) is 24.1. The summed E-state index contributed by atoms with van der Waals surface area (Å²) >= 11 is 0. The van der Waals surface area contributed by atoms with E-state index >= 15 is 0 Å². The van der Waals surface area contributed by atoms with Gasteiger partial charge >= 0.3 is 0 Å². The number of aromatic nitrogens is 5.